The largest absolute Gasteiger partial charge is 0.479 e. The van der Waals surface area contributed by atoms with Crippen LogP contribution in [0.5, 0.6) is 0 Å². The number of hydrogen-bond acceptors (Lipinski definition) is 3. The average Bonchev–Trinajstić information content (AvgIpc) is 3.23. The summed E-state index contributed by atoms with van der Waals surface area (Å²) in [5, 5.41) is 4.83. The number of nitrogens with one attached hydrogen (secondary N) is 2. The summed E-state index contributed by atoms with van der Waals surface area (Å²) >= 11 is 0. The molecule has 7 heteroatoms. The van der Waals surface area contributed by atoms with Crippen LogP contribution in [0.4, 0.5) is 18.9 Å². The van der Waals surface area contributed by atoms with Crippen LogP contribution in [0.3, 0.4) is 0 Å². The van der Waals surface area contributed by atoms with Crippen molar-refractivity contribution in [1.29, 1.82) is 0 Å². The van der Waals surface area contributed by atoms with E-state index in [2.05, 4.69) is 19.2 Å². The van der Waals surface area contributed by atoms with E-state index in [1.165, 1.54) is 0 Å². The first-order valence-electron chi connectivity index (χ1n) is 8.91. The Labute approximate surface area is 151 Å². The van der Waals surface area contributed by atoms with Crippen LogP contribution in [-0.4, -0.2) is 30.8 Å². The molecule has 1 aliphatic heterocycles. The topological polar surface area (TPSA) is 53.7 Å². The van der Waals surface area contributed by atoms with Crippen molar-refractivity contribution < 1.29 is 22.7 Å². The van der Waals surface area contributed by atoms with E-state index in [0.717, 1.165) is 42.7 Å². The summed E-state index contributed by atoms with van der Waals surface area (Å²) < 4.78 is 42.2. The maximum atomic E-state index is 12.1. The minimum atomic E-state index is -4.85. The third-order valence-corrected chi connectivity index (χ3v) is 4.20. The lowest BCUT2D eigenvalue weighted by Crippen LogP contribution is -2.39. The van der Waals surface area contributed by atoms with Crippen molar-refractivity contribution in [2.45, 2.75) is 51.3 Å². The van der Waals surface area contributed by atoms with E-state index in [4.69, 9.17) is 4.74 Å². The zero-order valence-corrected chi connectivity index (χ0v) is 15.1. The Hall–Kier alpha value is -2.18. The first-order chi connectivity index (χ1) is 12.3. The van der Waals surface area contributed by atoms with Crippen molar-refractivity contribution in [3.63, 3.8) is 0 Å². The van der Waals surface area contributed by atoms with Gasteiger partial charge in [0.05, 0.1) is 0 Å². The lowest BCUT2D eigenvalue weighted by molar-refractivity contribution is -0.173. The Bertz CT molecular complexity index is 650. The minimum Gasteiger partial charge on any atom is -0.479 e. The predicted octanol–water partition coefficient (Wildman–Crippen LogP) is 4.49. The number of benzene rings is 1. The van der Waals surface area contributed by atoms with Crippen molar-refractivity contribution in [3.05, 3.63) is 35.6 Å². The third-order valence-electron chi connectivity index (χ3n) is 4.20. The Balaban J connectivity index is 1.89. The number of anilines is 1. The van der Waals surface area contributed by atoms with Gasteiger partial charge in [0, 0.05) is 18.8 Å². The molecule has 0 atom stereocenters. The second-order valence-corrected chi connectivity index (χ2v) is 6.41. The molecule has 0 radical (unpaired) electrons. The zero-order chi connectivity index (χ0) is 19.2. The van der Waals surface area contributed by atoms with Crippen LogP contribution in [0, 0.1) is 0 Å². The molecule has 1 heterocycles. The van der Waals surface area contributed by atoms with Gasteiger partial charge in [0.25, 0.3) is 0 Å². The van der Waals surface area contributed by atoms with Gasteiger partial charge >= 0.3 is 12.1 Å². The zero-order valence-electron chi connectivity index (χ0n) is 15.1. The SMILES string of the molecule is CCCC1(CCC)OC1=Cc1cccc(NCCNC(=O)C(F)(F)F)c1. The molecular formula is C19H25F3N2O2. The van der Waals surface area contributed by atoms with Gasteiger partial charge in [-0.05, 0) is 36.6 Å². The van der Waals surface area contributed by atoms with Gasteiger partial charge in [-0.2, -0.15) is 13.2 Å². The summed E-state index contributed by atoms with van der Waals surface area (Å²) in [6.07, 6.45) is 1.29. The summed E-state index contributed by atoms with van der Waals surface area (Å²) in [4.78, 5) is 10.7. The van der Waals surface area contributed by atoms with Crippen LogP contribution >= 0.6 is 0 Å². The summed E-state index contributed by atoms with van der Waals surface area (Å²) in [6, 6.07) is 7.55. The fourth-order valence-electron chi connectivity index (χ4n) is 3.00. The Morgan fingerprint density at radius 2 is 1.88 bits per heavy atom. The molecule has 26 heavy (non-hydrogen) atoms. The van der Waals surface area contributed by atoms with Crippen molar-refractivity contribution in [2.75, 3.05) is 18.4 Å². The van der Waals surface area contributed by atoms with E-state index in [-0.39, 0.29) is 18.7 Å². The number of halogens is 3. The number of epoxide rings is 1. The van der Waals surface area contributed by atoms with Crippen LogP contribution in [0.15, 0.2) is 30.0 Å². The normalized spacial score (nSPS) is 16.9. The van der Waals surface area contributed by atoms with Gasteiger partial charge in [-0.1, -0.05) is 38.8 Å². The van der Waals surface area contributed by atoms with E-state index < -0.39 is 12.1 Å². The van der Waals surface area contributed by atoms with Gasteiger partial charge < -0.3 is 15.4 Å². The molecule has 0 aromatic heterocycles. The summed E-state index contributed by atoms with van der Waals surface area (Å²) in [7, 11) is 0. The predicted molar refractivity (Wildman–Crippen MR) is 95.6 cm³/mol. The molecule has 1 saturated heterocycles. The minimum absolute atomic E-state index is 0.108. The number of alkyl halides is 3. The second kappa shape index (κ2) is 8.47. The second-order valence-electron chi connectivity index (χ2n) is 6.41. The molecule has 1 amide bonds. The Morgan fingerprint density at radius 1 is 1.19 bits per heavy atom. The third kappa shape index (κ3) is 5.41. The highest BCUT2D eigenvalue weighted by Crippen LogP contribution is 2.49. The fourth-order valence-corrected chi connectivity index (χ4v) is 3.00. The molecule has 144 valence electrons. The molecule has 0 bridgehead atoms. The molecule has 1 aromatic carbocycles. The highest BCUT2D eigenvalue weighted by Gasteiger charge is 2.50. The van der Waals surface area contributed by atoms with Crippen molar-refractivity contribution in [1.82, 2.24) is 5.32 Å². The average molecular weight is 370 g/mol. The van der Waals surface area contributed by atoms with Gasteiger partial charge in [-0.3, -0.25) is 4.79 Å². The number of hydrogen-bond donors (Lipinski definition) is 2. The first-order valence-corrected chi connectivity index (χ1v) is 8.91. The van der Waals surface area contributed by atoms with Crippen LogP contribution in [0.2, 0.25) is 0 Å². The van der Waals surface area contributed by atoms with E-state index in [1.807, 2.05) is 35.7 Å². The molecule has 2 rings (SSSR count). The molecule has 1 aliphatic rings. The maximum absolute atomic E-state index is 12.1. The molecule has 0 aliphatic carbocycles. The molecule has 1 fully saturated rings. The number of ether oxygens (including phenoxy) is 1. The highest BCUT2D eigenvalue weighted by molar-refractivity contribution is 5.81. The number of rotatable bonds is 9. The molecule has 0 unspecified atom stereocenters. The molecular weight excluding hydrogens is 345 g/mol. The summed E-state index contributed by atoms with van der Waals surface area (Å²) in [5.74, 6) is -0.928. The molecule has 2 N–H and O–H groups in total. The van der Waals surface area contributed by atoms with Crippen molar-refractivity contribution in [2.24, 2.45) is 0 Å². The maximum Gasteiger partial charge on any atom is 0.471 e. The van der Waals surface area contributed by atoms with Crippen molar-refractivity contribution >= 4 is 17.7 Å². The smallest absolute Gasteiger partial charge is 0.471 e. The lowest BCUT2D eigenvalue weighted by Gasteiger charge is -2.10. The number of carbonyl (C=O) groups is 1. The van der Waals surface area contributed by atoms with E-state index >= 15 is 0 Å². The summed E-state index contributed by atoms with van der Waals surface area (Å²) in [6.45, 7) is 4.37. The van der Waals surface area contributed by atoms with Gasteiger partial charge in [-0.15, -0.1) is 0 Å². The van der Waals surface area contributed by atoms with Crippen LogP contribution in [0.1, 0.15) is 45.1 Å². The van der Waals surface area contributed by atoms with Gasteiger partial charge in [0.2, 0.25) is 0 Å². The summed E-state index contributed by atoms with van der Waals surface area (Å²) in [5.41, 5.74) is 1.63. The molecule has 0 spiro atoms. The van der Waals surface area contributed by atoms with E-state index in [1.54, 1.807) is 0 Å². The Morgan fingerprint density at radius 3 is 2.50 bits per heavy atom. The quantitative estimate of drug-likeness (QED) is 0.498. The van der Waals surface area contributed by atoms with Crippen LogP contribution in [-0.2, 0) is 9.53 Å². The lowest BCUT2D eigenvalue weighted by atomic mass is 9.96. The van der Waals surface area contributed by atoms with E-state index in [9.17, 15) is 18.0 Å². The van der Waals surface area contributed by atoms with Crippen molar-refractivity contribution in [3.8, 4) is 0 Å². The molecule has 4 nitrogen and oxygen atoms in total. The molecule has 1 aromatic rings. The fraction of sp³-hybridized carbons (Fsp3) is 0.526. The standard InChI is InChI=1S/C19H25F3N2O2/c1-3-8-18(9-4-2)16(26-18)13-14-6-5-7-15(12-14)23-10-11-24-17(25)19(20,21)22/h5-7,12-13,23H,3-4,8-11H2,1-2H3,(H,24,25). The van der Waals surface area contributed by atoms with Gasteiger partial charge in [0.15, 0.2) is 5.60 Å². The Kier molecular flexibility index (Phi) is 6.56. The molecule has 0 saturated carbocycles. The van der Waals surface area contributed by atoms with Crippen LogP contribution < -0.4 is 10.6 Å². The number of amides is 1. The van der Waals surface area contributed by atoms with Gasteiger partial charge in [0.1, 0.15) is 5.76 Å². The highest BCUT2D eigenvalue weighted by atomic mass is 19.4. The van der Waals surface area contributed by atoms with Crippen LogP contribution in [0.25, 0.3) is 6.08 Å². The van der Waals surface area contributed by atoms with E-state index in [0.29, 0.717) is 0 Å². The number of carbonyl (C=O) groups excluding carboxylic acids is 1. The monoisotopic (exact) mass is 370 g/mol. The first kappa shape index (κ1) is 20.1. The van der Waals surface area contributed by atoms with Gasteiger partial charge in [-0.25, -0.2) is 0 Å².